The Labute approximate surface area is 166 Å². The van der Waals surface area contributed by atoms with Gasteiger partial charge in [0.2, 0.25) is 5.91 Å². The SMILES string of the molecule is COc1ccc2[nH]c(=O)c(CCC(=O)NCCCN3CCCC[C@H]3C)cc2c1. The Bertz CT molecular complexity index is 862. The van der Waals surface area contributed by atoms with Crippen molar-refractivity contribution >= 4 is 16.8 Å². The lowest BCUT2D eigenvalue weighted by molar-refractivity contribution is -0.121. The predicted molar refractivity (Wildman–Crippen MR) is 112 cm³/mol. The molecular formula is C22H31N3O3. The molecule has 1 amide bonds. The number of hydrogen-bond acceptors (Lipinski definition) is 4. The standard InChI is InChI=1S/C22H31N3O3/c1-16-6-3-4-12-25(16)13-5-11-23-21(26)10-7-17-14-18-15-19(28-2)8-9-20(18)24-22(17)27/h8-9,14-16H,3-7,10-13H2,1-2H3,(H,23,26)(H,24,27)/t16-/m1/s1. The van der Waals surface area contributed by atoms with Crippen LogP contribution in [0.1, 0.15) is 44.6 Å². The molecule has 2 aromatic rings. The maximum atomic E-state index is 12.2. The Morgan fingerprint density at radius 1 is 1.32 bits per heavy atom. The lowest BCUT2D eigenvalue weighted by atomic mass is 10.0. The fraction of sp³-hybridized carbons (Fsp3) is 0.545. The van der Waals surface area contributed by atoms with Crippen LogP contribution in [0.5, 0.6) is 5.75 Å². The van der Waals surface area contributed by atoms with Gasteiger partial charge in [-0.2, -0.15) is 0 Å². The zero-order chi connectivity index (χ0) is 19.9. The highest BCUT2D eigenvalue weighted by molar-refractivity contribution is 5.81. The molecule has 0 radical (unpaired) electrons. The number of likely N-dealkylation sites (tertiary alicyclic amines) is 1. The maximum Gasteiger partial charge on any atom is 0.251 e. The van der Waals surface area contributed by atoms with Gasteiger partial charge in [-0.3, -0.25) is 9.59 Å². The molecule has 1 fully saturated rings. The van der Waals surface area contributed by atoms with Crippen molar-refractivity contribution in [2.24, 2.45) is 0 Å². The number of benzene rings is 1. The molecule has 2 N–H and O–H groups in total. The number of methoxy groups -OCH3 is 1. The highest BCUT2D eigenvalue weighted by Gasteiger charge is 2.17. The summed E-state index contributed by atoms with van der Waals surface area (Å²) in [7, 11) is 1.62. The minimum absolute atomic E-state index is 0.00293. The van der Waals surface area contributed by atoms with E-state index in [1.54, 1.807) is 7.11 Å². The molecule has 1 aliphatic heterocycles. The van der Waals surface area contributed by atoms with Crippen molar-refractivity contribution in [3.8, 4) is 5.75 Å². The maximum absolute atomic E-state index is 12.2. The molecule has 1 atom stereocenters. The molecule has 6 heteroatoms. The summed E-state index contributed by atoms with van der Waals surface area (Å²) in [4.78, 5) is 29.8. The van der Waals surface area contributed by atoms with Crippen LogP contribution in [-0.2, 0) is 11.2 Å². The summed E-state index contributed by atoms with van der Waals surface area (Å²) < 4.78 is 5.24. The monoisotopic (exact) mass is 385 g/mol. The van der Waals surface area contributed by atoms with Crippen molar-refractivity contribution in [3.63, 3.8) is 0 Å². The number of nitrogens with zero attached hydrogens (tertiary/aromatic N) is 1. The van der Waals surface area contributed by atoms with Gasteiger partial charge in [-0.25, -0.2) is 0 Å². The average molecular weight is 386 g/mol. The first kappa shape index (κ1) is 20.4. The number of aromatic amines is 1. The fourth-order valence-electron chi connectivity index (χ4n) is 3.88. The van der Waals surface area contributed by atoms with Crippen molar-refractivity contribution in [2.75, 3.05) is 26.7 Å². The van der Waals surface area contributed by atoms with Crippen LogP contribution < -0.4 is 15.6 Å². The number of carbonyl (C=O) groups is 1. The number of amides is 1. The number of piperidine rings is 1. The molecule has 1 aromatic carbocycles. The van der Waals surface area contributed by atoms with Gasteiger partial charge in [-0.15, -0.1) is 0 Å². The Morgan fingerprint density at radius 2 is 2.18 bits per heavy atom. The number of aryl methyl sites for hydroxylation is 1. The number of aromatic nitrogens is 1. The normalized spacial score (nSPS) is 17.6. The summed E-state index contributed by atoms with van der Waals surface area (Å²) in [6.07, 6.45) is 5.60. The summed E-state index contributed by atoms with van der Waals surface area (Å²) >= 11 is 0. The van der Waals surface area contributed by atoms with Crippen LogP contribution in [0.2, 0.25) is 0 Å². The molecule has 3 rings (SSSR count). The number of rotatable bonds is 8. The second-order valence-electron chi connectivity index (χ2n) is 7.66. The van der Waals surface area contributed by atoms with Crippen LogP contribution in [0.4, 0.5) is 0 Å². The van der Waals surface area contributed by atoms with E-state index < -0.39 is 0 Å². The van der Waals surface area contributed by atoms with Crippen LogP contribution in [0, 0.1) is 0 Å². The molecule has 0 aliphatic carbocycles. The van der Waals surface area contributed by atoms with E-state index in [0.717, 1.165) is 29.6 Å². The van der Waals surface area contributed by atoms with Crippen LogP contribution in [-0.4, -0.2) is 48.6 Å². The molecule has 1 aliphatic rings. The van der Waals surface area contributed by atoms with E-state index in [4.69, 9.17) is 4.74 Å². The highest BCUT2D eigenvalue weighted by atomic mass is 16.5. The van der Waals surface area contributed by atoms with E-state index >= 15 is 0 Å². The van der Waals surface area contributed by atoms with Crippen LogP contribution in [0.25, 0.3) is 10.9 Å². The molecule has 6 nitrogen and oxygen atoms in total. The van der Waals surface area contributed by atoms with Crippen molar-refractivity contribution in [1.82, 2.24) is 15.2 Å². The summed E-state index contributed by atoms with van der Waals surface area (Å²) in [6.45, 7) is 5.18. The summed E-state index contributed by atoms with van der Waals surface area (Å²) in [5, 5.41) is 3.89. The van der Waals surface area contributed by atoms with Crippen molar-refractivity contribution in [3.05, 3.63) is 40.2 Å². The van der Waals surface area contributed by atoms with Crippen molar-refractivity contribution < 1.29 is 9.53 Å². The number of ether oxygens (including phenoxy) is 1. The molecular weight excluding hydrogens is 354 g/mol. The Balaban J connectivity index is 1.46. The Hall–Kier alpha value is -2.34. The first-order chi connectivity index (χ1) is 13.6. The van der Waals surface area contributed by atoms with Crippen LogP contribution in [0.15, 0.2) is 29.1 Å². The summed E-state index contributed by atoms with van der Waals surface area (Å²) in [5.41, 5.74) is 1.26. The van der Waals surface area contributed by atoms with Gasteiger partial charge in [0.15, 0.2) is 0 Å². The molecule has 1 saturated heterocycles. The lowest BCUT2D eigenvalue weighted by Gasteiger charge is -2.33. The van der Waals surface area contributed by atoms with E-state index in [9.17, 15) is 9.59 Å². The third-order valence-electron chi connectivity index (χ3n) is 5.63. The van der Waals surface area contributed by atoms with Crippen LogP contribution in [0.3, 0.4) is 0 Å². The summed E-state index contributed by atoms with van der Waals surface area (Å²) in [6, 6.07) is 8.03. The van der Waals surface area contributed by atoms with E-state index in [0.29, 0.717) is 31.0 Å². The summed E-state index contributed by atoms with van der Waals surface area (Å²) in [5.74, 6) is 0.739. The van der Waals surface area contributed by atoms with Crippen molar-refractivity contribution in [2.45, 2.75) is 51.5 Å². The van der Waals surface area contributed by atoms with Gasteiger partial charge in [0.25, 0.3) is 5.56 Å². The van der Waals surface area contributed by atoms with Crippen LogP contribution >= 0.6 is 0 Å². The largest absolute Gasteiger partial charge is 0.497 e. The van der Waals surface area contributed by atoms with E-state index in [1.807, 2.05) is 24.3 Å². The molecule has 0 saturated carbocycles. The average Bonchev–Trinajstić information content (AvgIpc) is 2.70. The molecule has 28 heavy (non-hydrogen) atoms. The van der Waals surface area contributed by atoms with Gasteiger partial charge >= 0.3 is 0 Å². The van der Waals surface area contributed by atoms with E-state index in [1.165, 1.54) is 25.8 Å². The number of nitrogens with one attached hydrogen (secondary N) is 2. The topological polar surface area (TPSA) is 74.4 Å². The molecule has 0 spiro atoms. The number of pyridine rings is 1. The molecule has 2 heterocycles. The Kier molecular flexibility index (Phi) is 7.09. The quantitative estimate of drug-likeness (QED) is 0.685. The molecule has 152 valence electrons. The number of H-pyrrole nitrogens is 1. The fourth-order valence-corrected chi connectivity index (χ4v) is 3.88. The first-order valence-corrected chi connectivity index (χ1v) is 10.3. The molecule has 1 aromatic heterocycles. The van der Waals surface area contributed by atoms with Crippen molar-refractivity contribution in [1.29, 1.82) is 0 Å². The van der Waals surface area contributed by atoms with Gasteiger partial charge in [-0.1, -0.05) is 6.42 Å². The van der Waals surface area contributed by atoms with Gasteiger partial charge in [0.1, 0.15) is 5.75 Å². The minimum Gasteiger partial charge on any atom is -0.497 e. The molecule has 0 bridgehead atoms. The van der Waals surface area contributed by atoms with E-state index in [-0.39, 0.29) is 11.5 Å². The second kappa shape index (κ2) is 9.73. The minimum atomic E-state index is -0.135. The number of carbonyl (C=O) groups excluding carboxylic acids is 1. The second-order valence-corrected chi connectivity index (χ2v) is 7.66. The predicted octanol–water partition coefficient (Wildman–Crippen LogP) is 2.85. The third kappa shape index (κ3) is 5.35. The van der Waals surface area contributed by atoms with Gasteiger partial charge < -0.3 is 19.9 Å². The van der Waals surface area contributed by atoms with Gasteiger partial charge in [-0.05, 0) is 63.4 Å². The van der Waals surface area contributed by atoms with E-state index in [2.05, 4.69) is 22.1 Å². The zero-order valence-electron chi connectivity index (χ0n) is 16.9. The smallest absolute Gasteiger partial charge is 0.251 e. The lowest BCUT2D eigenvalue weighted by Crippen LogP contribution is -2.39. The number of fused-ring (bicyclic) bond motifs is 1. The van der Waals surface area contributed by atoms with Gasteiger partial charge in [0.05, 0.1) is 7.11 Å². The highest BCUT2D eigenvalue weighted by Crippen LogP contribution is 2.19. The zero-order valence-corrected chi connectivity index (χ0v) is 16.9. The first-order valence-electron chi connectivity index (χ1n) is 10.3. The Morgan fingerprint density at radius 3 is 2.96 bits per heavy atom. The third-order valence-corrected chi connectivity index (χ3v) is 5.63. The number of hydrogen-bond donors (Lipinski definition) is 2. The molecule has 0 unspecified atom stereocenters. The van der Waals surface area contributed by atoms with Gasteiger partial charge in [0, 0.05) is 42.0 Å².